The van der Waals surface area contributed by atoms with Crippen LogP contribution in [-0.4, -0.2) is 12.4 Å². The lowest BCUT2D eigenvalue weighted by molar-refractivity contribution is 0.516. The molecule has 0 rings (SSSR count). The Labute approximate surface area is 127 Å². The van der Waals surface area contributed by atoms with Crippen LogP contribution in [0.25, 0.3) is 0 Å². The number of nitrogens with zero attached hydrogens (tertiary/aromatic N) is 2. The number of hydrogen-bond acceptors (Lipinski definition) is 2. The number of unbranched alkanes of at least 4 members (excludes halogenated alkanes) is 4. The van der Waals surface area contributed by atoms with Gasteiger partial charge in [-0.1, -0.05) is 66.2 Å². The first kappa shape index (κ1) is 19.3. The minimum absolute atomic E-state index is 0.786. The molecule has 0 aromatic heterocycles. The zero-order chi connectivity index (χ0) is 15.2. The normalized spacial score (nSPS) is 12.4. The third-order valence-corrected chi connectivity index (χ3v) is 3.71. The second kappa shape index (κ2) is 13.3. The molecule has 0 spiro atoms. The summed E-state index contributed by atoms with van der Waals surface area (Å²) in [4.78, 5) is 0. The molecule has 2 nitrogen and oxygen atoms in total. The number of rotatable bonds is 13. The lowest BCUT2D eigenvalue weighted by atomic mass is 10.0. The van der Waals surface area contributed by atoms with E-state index in [0.29, 0.717) is 0 Å². The Kier molecular flexibility index (Phi) is 12.9. The Hall–Kier alpha value is -0.660. The first-order valence-electron chi connectivity index (χ1n) is 8.57. The smallest absolute Gasteiger partial charge is 0.0405 e. The van der Waals surface area contributed by atoms with Gasteiger partial charge in [0.1, 0.15) is 0 Å². The van der Waals surface area contributed by atoms with Crippen molar-refractivity contribution in [3.05, 3.63) is 0 Å². The molecular formula is C18H36N2. The lowest BCUT2D eigenvalue weighted by Crippen LogP contribution is -2.00. The van der Waals surface area contributed by atoms with E-state index in [1.807, 2.05) is 0 Å². The topological polar surface area (TPSA) is 24.7 Å². The van der Waals surface area contributed by atoms with Gasteiger partial charge in [-0.25, -0.2) is 0 Å². The fourth-order valence-corrected chi connectivity index (χ4v) is 2.45. The molecule has 0 saturated heterocycles. The Morgan fingerprint density at radius 3 is 1.85 bits per heavy atom. The van der Waals surface area contributed by atoms with E-state index in [9.17, 15) is 0 Å². The summed E-state index contributed by atoms with van der Waals surface area (Å²) in [5.74, 6) is 1.64. The Bertz CT molecular complexity index is 254. The predicted molar refractivity (Wildman–Crippen MR) is 92.8 cm³/mol. The second-order valence-corrected chi connectivity index (χ2v) is 6.79. The van der Waals surface area contributed by atoms with Crippen molar-refractivity contribution in [3.63, 3.8) is 0 Å². The van der Waals surface area contributed by atoms with Gasteiger partial charge in [-0.3, -0.25) is 0 Å². The van der Waals surface area contributed by atoms with Crippen LogP contribution in [0.15, 0.2) is 10.2 Å². The molecular weight excluding hydrogens is 244 g/mol. The highest BCUT2D eigenvalue weighted by atomic mass is 15.2. The van der Waals surface area contributed by atoms with E-state index in [0.717, 1.165) is 24.7 Å². The second-order valence-electron chi connectivity index (χ2n) is 6.79. The molecule has 0 aromatic carbocycles. The van der Waals surface area contributed by atoms with Crippen molar-refractivity contribution >= 4 is 12.4 Å². The predicted octanol–water partition coefficient (Wildman–Crippen LogP) is 6.26. The van der Waals surface area contributed by atoms with E-state index in [1.165, 1.54) is 57.1 Å². The van der Waals surface area contributed by atoms with Crippen LogP contribution in [0.3, 0.4) is 0 Å². The molecule has 0 fully saturated rings. The van der Waals surface area contributed by atoms with Crippen molar-refractivity contribution in [2.75, 3.05) is 0 Å². The zero-order valence-electron chi connectivity index (χ0n) is 14.3. The molecule has 0 aromatic rings. The fraction of sp³-hybridized carbons (Fsp3) is 0.889. The summed E-state index contributed by atoms with van der Waals surface area (Å²) in [5, 5.41) is 7.93. The van der Waals surface area contributed by atoms with E-state index in [-0.39, 0.29) is 0 Å². The highest BCUT2D eigenvalue weighted by molar-refractivity contribution is 5.84. The Morgan fingerprint density at radius 2 is 1.25 bits per heavy atom. The van der Waals surface area contributed by atoms with Crippen LogP contribution in [0.2, 0.25) is 0 Å². The van der Waals surface area contributed by atoms with Gasteiger partial charge in [0.25, 0.3) is 0 Å². The summed E-state index contributed by atoms with van der Waals surface area (Å²) in [6.45, 7) is 12.7. The molecule has 20 heavy (non-hydrogen) atoms. The van der Waals surface area contributed by atoms with Crippen LogP contribution in [0.4, 0.5) is 0 Å². The summed E-state index contributed by atoms with van der Waals surface area (Å²) in [6, 6.07) is 0. The summed E-state index contributed by atoms with van der Waals surface area (Å²) >= 11 is 0. The molecule has 0 N–H and O–H groups in total. The van der Waals surface area contributed by atoms with E-state index in [4.69, 9.17) is 0 Å². The zero-order valence-corrected chi connectivity index (χ0v) is 14.3. The quantitative estimate of drug-likeness (QED) is 0.216. The van der Waals surface area contributed by atoms with Gasteiger partial charge in [0.2, 0.25) is 0 Å². The average molecular weight is 280 g/mol. The molecule has 2 heteroatoms. The van der Waals surface area contributed by atoms with Crippen molar-refractivity contribution in [1.82, 2.24) is 0 Å². The maximum atomic E-state index is 4.21. The van der Waals surface area contributed by atoms with E-state index in [2.05, 4.69) is 44.6 Å². The van der Waals surface area contributed by atoms with Crippen LogP contribution in [0.1, 0.15) is 91.9 Å². The number of hydrogen-bond donors (Lipinski definition) is 0. The van der Waals surface area contributed by atoms with Gasteiger partial charge in [-0.15, -0.1) is 0 Å². The summed E-state index contributed by atoms with van der Waals surface area (Å²) in [7, 11) is 0. The summed E-state index contributed by atoms with van der Waals surface area (Å²) in [6.07, 6.45) is 12.8. The molecule has 0 amide bonds. The standard InChI is InChI=1S/C18H36N2/c1-16(2)12-9-7-6-8-10-14-18(20-19-5)15-11-13-17(3)4/h16-17H,5-15H2,1-4H3/b20-18-. The third-order valence-electron chi connectivity index (χ3n) is 3.71. The van der Waals surface area contributed by atoms with Gasteiger partial charge in [0.15, 0.2) is 0 Å². The van der Waals surface area contributed by atoms with Gasteiger partial charge < -0.3 is 0 Å². The molecule has 118 valence electrons. The first-order valence-corrected chi connectivity index (χ1v) is 8.57. The van der Waals surface area contributed by atoms with Gasteiger partial charge in [0, 0.05) is 12.4 Å². The van der Waals surface area contributed by atoms with Crippen molar-refractivity contribution in [2.24, 2.45) is 22.0 Å². The van der Waals surface area contributed by atoms with Gasteiger partial charge in [-0.05, 0) is 37.5 Å². The summed E-state index contributed by atoms with van der Waals surface area (Å²) in [5.41, 5.74) is 1.25. The van der Waals surface area contributed by atoms with Crippen molar-refractivity contribution in [1.29, 1.82) is 0 Å². The molecule has 0 unspecified atom stereocenters. The van der Waals surface area contributed by atoms with E-state index >= 15 is 0 Å². The average Bonchev–Trinajstić information content (AvgIpc) is 2.36. The Morgan fingerprint density at radius 1 is 0.750 bits per heavy atom. The molecule has 0 radical (unpaired) electrons. The van der Waals surface area contributed by atoms with Gasteiger partial charge in [0.05, 0.1) is 0 Å². The minimum Gasteiger partial charge on any atom is -0.167 e. The van der Waals surface area contributed by atoms with Gasteiger partial charge in [-0.2, -0.15) is 10.2 Å². The highest BCUT2D eigenvalue weighted by Gasteiger charge is 2.02. The largest absolute Gasteiger partial charge is 0.167 e. The van der Waals surface area contributed by atoms with Crippen molar-refractivity contribution in [3.8, 4) is 0 Å². The molecule has 0 bridgehead atoms. The van der Waals surface area contributed by atoms with Gasteiger partial charge >= 0.3 is 0 Å². The molecule has 0 aliphatic heterocycles. The monoisotopic (exact) mass is 280 g/mol. The molecule has 0 saturated carbocycles. The summed E-state index contributed by atoms with van der Waals surface area (Å²) < 4.78 is 0. The van der Waals surface area contributed by atoms with Crippen LogP contribution in [0, 0.1) is 11.8 Å². The molecule has 0 atom stereocenters. The first-order chi connectivity index (χ1) is 9.56. The van der Waals surface area contributed by atoms with Crippen LogP contribution < -0.4 is 0 Å². The molecule has 0 aliphatic carbocycles. The Balaban J connectivity index is 3.61. The third kappa shape index (κ3) is 13.8. The minimum atomic E-state index is 0.786. The van der Waals surface area contributed by atoms with Crippen LogP contribution in [0.5, 0.6) is 0 Å². The lowest BCUT2D eigenvalue weighted by Gasteiger charge is -2.07. The van der Waals surface area contributed by atoms with Crippen LogP contribution >= 0.6 is 0 Å². The van der Waals surface area contributed by atoms with Crippen molar-refractivity contribution < 1.29 is 0 Å². The molecule has 0 aliphatic rings. The van der Waals surface area contributed by atoms with Crippen molar-refractivity contribution in [2.45, 2.75) is 91.9 Å². The fourth-order valence-electron chi connectivity index (χ4n) is 2.45. The van der Waals surface area contributed by atoms with Crippen LogP contribution in [-0.2, 0) is 0 Å². The van der Waals surface area contributed by atoms with E-state index < -0.39 is 0 Å². The maximum absolute atomic E-state index is 4.21. The highest BCUT2D eigenvalue weighted by Crippen LogP contribution is 2.14. The SMILES string of the molecule is C=N/N=C(/CCCCCCCC(C)C)CCCC(C)C. The molecule has 0 heterocycles. The van der Waals surface area contributed by atoms with E-state index in [1.54, 1.807) is 0 Å². The maximum Gasteiger partial charge on any atom is 0.0405 e.